The van der Waals surface area contributed by atoms with Crippen molar-refractivity contribution in [2.75, 3.05) is 6.29 Å². The molecule has 1 unspecified atom stereocenters. The van der Waals surface area contributed by atoms with E-state index in [2.05, 4.69) is 5.32 Å². The SMILES string of the molecule is O=[P+](O)CNCc1ccccc1. The standard InChI is InChI=1S/C8H10NO2P/c10-12(11)7-9-6-8-4-2-1-3-5-8/h1-5,9H,6-7H2/p+1. The maximum absolute atomic E-state index is 10.3. The van der Waals surface area contributed by atoms with Gasteiger partial charge in [-0.25, -0.2) is 0 Å². The van der Waals surface area contributed by atoms with Gasteiger partial charge in [0.1, 0.15) is 0 Å². The first kappa shape index (κ1) is 9.33. The third-order valence-corrected chi connectivity index (χ3v) is 1.91. The zero-order valence-electron chi connectivity index (χ0n) is 6.60. The van der Waals surface area contributed by atoms with Crippen LogP contribution in [0.5, 0.6) is 0 Å². The lowest BCUT2D eigenvalue weighted by atomic mass is 10.2. The fraction of sp³-hybridized carbons (Fsp3) is 0.250. The Morgan fingerprint density at radius 1 is 1.33 bits per heavy atom. The van der Waals surface area contributed by atoms with Crippen LogP contribution < -0.4 is 5.32 Å². The zero-order chi connectivity index (χ0) is 8.81. The maximum Gasteiger partial charge on any atom is 0.521 e. The van der Waals surface area contributed by atoms with Gasteiger partial charge in [0.05, 0.1) is 0 Å². The van der Waals surface area contributed by atoms with Gasteiger partial charge in [-0.05, 0) is 10.1 Å². The Hall–Kier alpha value is -0.760. The average Bonchev–Trinajstić information content (AvgIpc) is 2.05. The second-order valence-corrected chi connectivity index (χ2v) is 3.44. The second kappa shape index (κ2) is 4.99. The molecule has 0 saturated carbocycles. The number of hydrogen-bond acceptors (Lipinski definition) is 2. The summed E-state index contributed by atoms with van der Waals surface area (Å²) in [6.45, 7) is 0.641. The van der Waals surface area contributed by atoms with E-state index in [1.54, 1.807) is 0 Å². The van der Waals surface area contributed by atoms with E-state index in [0.29, 0.717) is 6.54 Å². The molecule has 12 heavy (non-hydrogen) atoms. The highest BCUT2D eigenvalue weighted by Crippen LogP contribution is 2.09. The summed E-state index contributed by atoms with van der Waals surface area (Å²) in [4.78, 5) is 8.48. The topological polar surface area (TPSA) is 49.3 Å². The average molecular weight is 184 g/mol. The van der Waals surface area contributed by atoms with Crippen molar-refractivity contribution in [1.82, 2.24) is 5.32 Å². The van der Waals surface area contributed by atoms with Crippen LogP contribution >= 0.6 is 8.03 Å². The van der Waals surface area contributed by atoms with E-state index in [4.69, 9.17) is 4.89 Å². The smallest absolute Gasteiger partial charge is 0.270 e. The van der Waals surface area contributed by atoms with Crippen molar-refractivity contribution >= 4 is 8.03 Å². The van der Waals surface area contributed by atoms with E-state index in [9.17, 15) is 4.57 Å². The molecule has 0 radical (unpaired) electrons. The van der Waals surface area contributed by atoms with Gasteiger partial charge in [-0.15, -0.1) is 0 Å². The summed E-state index contributed by atoms with van der Waals surface area (Å²) in [5.74, 6) is 0. The van der Waals surface area contributed by atoms with Crippen molar-refractivity contribution in [2.24, 2.45) is 0 Å². The molecule has 1 rings (SSSR count). The Morgan fingerprint density at radius 3 is 2.58 bits per heavy atom. The molecule has 0 aliphatic heterocycles. The highest BCUT2D eigenvalue weighted by atomic mass is 31.1. The molecule has 0 bridgehead atoms. The van der Waals surface area contributed by atoms with Crippen LogP contribution in [0.3, 0.4) is 0 Å². The first-order valence-electron chi connectivity index (χ1n) is 3.67. The van der Waals surface area contributed by atoms with Crippen LogP contribution in [-0.2, 0) is 11.1 Å². The van der Waals surface area contributed by atoms with Gasteiger partial charge in [-0.2, -0.15) is 4.89 Å². The predicted octanol–water partition coefficient (Wildman–Crippen LogP) is 1.47. The summed E-state index contributed by atoms with van der Waals surface area (Å²) >= 11 is 0. The van der Waals surface area contributed by atoms with E-state index in [0.717, 1.165) is 5.56 Å². The van der Waals surface area contributed by atoms with E-state index < -0.39 is 8.03 Å². The molecule has 1 aromatic rings. The lowest BCUT2D eigenvalue weighted by molar-refractivity contribution is 0.496. The molecule has 0 aliphatic rings. The fourth-order valence-corrected chi connectivity index (χ4v) is 1.19. The van der Waals surface area contributed by atoms with Gasteiger partial charge < -0.3 is 0 Å². The van der Waals surface area contributed by atoms with Crippen molar-refractivity contribution in [3.8, 4) is 0 Å². The fourth-order valence-electron chi connectivity index (χ4n) is 0.892. The van der Waals surface area contributed by atoms with Crippen LogP contribution in [0, 0.1) is 0 Å². The van der Waals surface area contributed by atoms with Gasteiger partial charge in [0.2, 0.25) is 6.29 Å². The van der Waals surface area contributed by atoms with Gasteiger partial charge in [-0.3, -0.25) is 5.32 Å². The summed E-state index contributed by atoms with van der Waals surface area (Å²) < 4.78 is 10.3. The maximum atomic E-state index is 10.3. The molecule has 2 N–H and O–H groups in total. The lowest BCUT2D eigenvalue weighted by Gasteiger charge is -1.96. The van der Waals surface area contributed by atoms with Crippen LogP contribution in [-0.4, -0.2) is 11.2 Å². The summed E-state index contributed by atoms with van der Waals surface area (Å²) in [6, 6.07) is 9.76. The quantitative estimate of drug-likeness (QED) is 0.696. The Kier molecular flexibility index (Phi) is 3.88. The number of nitrogens with one attached hydrogen (secondary N) is 1. The molecule has 1 aromatic carbocycles. The molecular weight excluding hydrogens is 173 g/mol. The molecule has 0 heterocycles. The van der Waals surface area contributed by atoms with Crippen LogP contribution in [0.15, 0.2) is 30.3 Å². The van der Waals surface area contributed by atoms with Gasteiger partial charge in [0, 0.05) is 6.54 Å². The first-order chi connectivity index (χ1) is 5.79. The Morgan fingerprint density at radius 2 is 2.00 bits per heavy atom. The molecule has 0 aromatic heterocycles. The van der Waals surface area contributed by atoms with E-state index in [1.165, 1.54) is 0 Å². The summed E-state index contributed by atoms with van der Waals surface area (Å²) in [7, 11) is -2.06. The van der Waals surface area contributed by atoms with Crippen molar-refractivity contribution < 1.29 is 9.46 Å². The molecule has 0 spiro atoms. The van der Waals surface area contributed by atoms with Crippen LogP contribution in [0.2, 0.25) is 0 Å². The highest BCUT2D eigenvalue weighted by Gasteiger charge is 2.06. The van der Waals surface area contributed by atoms with Gasteiger partial charge >= 0.3 is 8.03 Å². The number of hydrogen-bond donors (Lipinski definition) is 2. The normalized spacial score (nSPS) is 11.2. The highest BCUT2D eigenvalue weighted by molar-refractivity contribution is 7.37. The molecular formula is C8H11NO2P+. The monoisotopic (exact) mass is 184 g/mol. The van der Waals surface area contributed by atoms with Crippen LogP contribution in [0.1, 0.15) is 5.56 Å². The van der Waals surface area contributed by atoms with E-state index in [1.807, 2.05) is 30.3 Å². The van der Waals surface area contributed by atoms with Crippen molar-refractivity contribution in [3.63, 3.8) is 0 Å². The summed E-state index contributed by atoms with van der Waals surface area (Å²) in [6.07, 6.45) is 0.157. The number of benzene rings is 1. The zero-order valence-corrected chi connectivity index (χ0v) is 7.50. The molecule has 64 valence electrons. The Labute approximate surface area is 72.3 Å². The third kappa shape index (κ3) is 3.58. The largest absolute Gasteiger partial charge is 0.521 e. The van der Waals surface area contributed by atoms with Crippen molar-refractivity contribution in [2.45, 2.75) is 6.54 Å². The first-order valence-corrected chi connectivity index (χ1v) is 5.07. The lowest BCUT2D eigenvalue weighted by Crippen LogP contribution is -2.11. The number of rotatable bonds is 4. The van der Waals surface area contributed by atoms with Crippen LogP contribution in [0.25, 0.3) is 0 Å². The molecule has 0 amide bonds. The Balaban J connectivity index is 2.29. The molecule has 0 aliphatic carbocycles. The molecule has 4 heteroatoms. The van der Waals surface area contributed by atoms with E-state index in [-0.39, 0.29) is 6.29 Å². The molecule has 3 nitrogen and oxygen atoms in total. The predicted molar refractivity (Wildman–Crippen MR) is 48.0 cm³/mol. The van der Waals surface area contributed by atoms with Gasteiger partial charge in [0.15, 0.2) is 0 Å². The minimum absolute atomic E-state index is 0.157. The summed E-state index contributed by atoms with van der Waals surface area (Å²) in [5, 5.41) is 2.87. The van der Waals surface area contributed by atoms with Gasteiger partial charge in [0.25, 0.3) is 0 Å². The van der Waals surface area contributed by atoms with Gasteiger partial charge in [-0.1, -0.05) is 30.3 Å². The Bertz CT molecular complexity index is 250. The minimum atomic E-state index is -2.06. The van der Waals surface area contributed by atoms with Crippen molar-refractivity contribution in [1.29, 1.82) is 0 Å². The molecule has 0 fully saturated rings. The van der Waals surface area contributed by atoms with Crippen LogP contribution in [0.4, 0.5) is 0 Å². The molecule has 0 saturated heterocycles. The summed E-state index contributed by atoms with van der Waals surface area (Å²) in [5.41, 5.74) is 1.12. The van der Waals surface area contributed by atoms with E-state index >= 15 is 0 Å². The second-order valence-electron chi connectivity index (χ2n) is 2.42. The minimum Gasteiger partial charge on any atom is -0.270 e. The van der Waals surface area contributed by atoms with Crippen molar-refractivity contribution in [3.05, 3.63) is 35.9 Å². The third-order valence-electron chi connectivity index (χ3n) is 1.42. The molecule has 1 atom stereocenters.